The summed E-state index contributed by atoms with van der Waals surface area (Å²) in [6.07, 6.45) is 1.48. The van der Waals surface area contributed by atoms with Gasteiger partial charge < -0.3 is 20.9 Å². The second-order valence-corrected chi connectivity index (χ2v) is 6.76. The molecule has 4 rings (SSSR count). The van der Waals surface area contributed by atoms with E-state index >= 15 is 0 Å². The molecular formula is C22H17N5O4. The van der Waals surface area contributed by atoms with Crippen molar-refractivity contribution >= 4 is 5.91 Å². The SMILES string of the molecule is NC(=O)c1c(C(c2ccc(O)cc2)c2ccc(O)cc2)nc(-c2cccnn2)[nH]c1=O. The van der Waals surface area contributed by atoms with Gasteiger partial charge in [0, 0.05) is 6.20 Å². The van der Waals surface area contributed by atoms with Crippen molar-refractivity contribution in [2.75, 3.05) is 0 Å². The normalized spacial score (nSPS) is 10.9. The van der Waals surface area contributed by atoms with Crippen LogP contribution in [0, 0.1) is 0 Å². The molecule has 5 N–H and O–H groups in total. The van der Waals surface area contributed by atoms with Gasteiger partial charge in [-0.2, -0.15) is 5.10 Å². The molecule has 2 aromatic carbocycles. The van der Waals surface area contributed by atoms with Crippen molar-refractivity contribution in [1.29, 1.82) is 0 Å². The Balaban J connectivity index is 2.02. The summed E-state index contributed by atoms with van der Waals surface area (Å²) in [6, 6.07) is 15.8. The smallest absolute Gasteiger partial charge is 0.264 e. The molecule has 0 aliphatic rings. The molecule has 4 aromatic rings. The van der Waals surface area contributed by atoms with Crippen LogP contribution >= 0.6 is 0 Å². The second-order valence-electron chi connectivity index (χ2n) is 6.76. The first kappa shape index (κ1) is 19.8. The number of benzene rings is 2. The molecule has 0 aliphatic carbocycles. The average Bonchev–Trinajstić information content (AvgIpc) is 2.76. The van der Waals surface area contributed by atoms with Crippen LogP contribution in [0.15, 0.2) is 71.7 Å². The van der Waals surface area contributed by atoms with Gasteiger partial charge >= 0.3 is 0 Å². The minimum absolute atomic E-state index is 0.0578. The Hall–Kier alpha value is -4.53. The fourth-order valence-corrected chi connectivity index (χ4v) is 3.33. The van der Waals surface area contributed by atoms with Crippen molar-refractivity contribution in [3.63, 3.8) is 0 Å². The Bertz CT molecular complexity index is 1240. The summed E-state index contributed by atoms with van der Waals surface area (Å²) in [6.45, 7) is 0. The Morgan fingerprint density at radius 3 is 2.00 bits per heavy atom. The number of aromatic hydroxyl groups is 2. The second kappa shape index (κ2) is 8.07. The van der Waals surface area contributed by atoms with Gasteiger partial charge in [-0.25, -0.2) is 4.98 Å². The molecule has 0 saturated heterocycles. The average molecular weight is 415 g/mol. The lowest BCUT2D eigenvalue weighted by atomic mass is 9.86. The van der Waals surface area contributed by atoms with E-state index in [4.69, 9.17) is 5.73 Å². The van der Waals surface area contributed by atoms with Gasteiger partial charge in [0.25, 0.3) is 11.5 Å². The summed E-state index contributed by atoms with van der Waals surface area (Å²) in [5, 5.41) is 27.2. The molecule has 154 valence electrons. The van der Waals surface area contributed by atoms with E-state index in [-0.39, 0.29) is 28.6 Å². The van der Waals surface area contributed by atoms with Crippen molar-refractivity contribution in [2.45, 2.75) is 5.92 Å². The van der Waals surface area contributed by atoms with E-state index in [0.29, 0.717) is 16.8 Å². The number of nitrogens with two attached hydrogens (primary N) is 1. The maximum Gasteiger partial charge on any atom is 0.264 e. The molecule has 0 unspecified atom stereocenters. The van der Waals surface area contributed by atoms with Crippen LogP contribution < -0.4 is 11.3 Å². The number of rotatable bonds is 5. The van der Waals surface area contributed by atoms with E-state index in [9.17, 15) is 19.8 Å². The highest BCUT2D eigenvalue weighted by atomic mass is 16.3. The van der Waals surface area contributed by atoms with Crippen molar-refractivity contribution in [3.05, 3.63) is 99.6 Å². The molecule has 2 aromatic heterocycles. The van der Waals surface area contributed by atoms with Gasteiger partial charge in [0.1, 0.15) is 22.8 Å². The van der Waals surface area contributed by atoms with Gasteiger partial charge in [0.15, 0.2) is 5.82 Å². The minimum Gasteiger partial charge on any atom is -0.508 e. The topological polar surface area (TPSA) is 155 Å². The van der Waals surface area contributed by atoms with Gasteiger partial charge in [-0.1, -0.05) is 24.3 Å². The van der Waals surface area contributed by atoms with Crippen LogP contribution in [-0.4, -0.2) is 36.3 Å². The first-order chi connectivity index (χ1) is 14.9. The highest BCUT2D eigenvalue weighted by molar-refractivity contribution is 5.94. The Kier molecular flexibility index (Phi) is 5.15. The van der Waals surface area contributed by atoms with Gasteiger partial charge in [-0.15, -0.1) is 5.10 Å². The van der Waals surface area contributed by atoms with Gasteiger partial charge in [-0.3, -0.25) is 9.59 Å². The lowest BCUT2D eigenvalue weighted by molar-refractivity contribution is 0.0997. The molecule has 0 saturated carbocycles. The fraction of sp³-hybridized carbons (Fsp3) is 0.0455. The van der Waals surface area contributed by atoms with E-state index in [0.717, 1.165) is 0 Å². The Morgan fingerprint density at radius 2 is 1.52 bits per heavy atom. The predicted molar refractivity (Wildman–Crippen MR) is 112 cm³/mol. The molecule has 0 radical (unpaired) electrons. The van der Waals surface area contributed by atoms with Crippen molar-refractivity contribution in [2.24, 2.45) is 5.73 Å². The van der Waals surface area contributed by atoms with Gasteiger partial charge in [0.05, 0.1) is 11.6 Å². The number of aromatic nitrogens is 4. The molecule has 1 amide bonds. The number of primary amides is 1. The summed E-state index contributed by atoms with van der Waals surface area (Å²) in [7, 11) is 0. The van der Waals surface area contributed by atoms with E-state index < -0.39 is 17.4 Å². The first-order valence-electron chi connectivity index (χ1n) is 9.24. The fourth-order valence-electron chi connectivity index (χ4n) is 3.33. The summed E-state index contributed by atoms with van der Waals surface area (Å²) in [4.78, 5) is 32.1. The Labute approximate surface area is 175 Å². The lowest BCUT2D eigenvalue weighted by Crippen LogP contribution is -2.29. The summed E-state index contributed by atoms with van der Waals surface area (Å²) < 4.78 is 0. The molecule has 0 fully saturated rings. The highest BCUT2D eigenvalue weighted by Crippen LogP contribution is 2.34. The number of carbonyl (C=O) groups is 1. The Morgan fingerprint density at radius 1 is 0.935 bits per heavy atom. The predicted octanol–water partition coefficient (Wildman–Crippen LogP) is 1.92. The molecular weight excluding hydrogens is 398 g/mol. The zero-order chi connectivity index (χ0) is 22.0. The van der Waals surface area contributed by atoms with Crippen LogP contribution in [0.3, 0.4) is 0 Å². The number of aromatic amines is 1. The standard InChI is InChI=1S/C22H17N5O4/c23-20(30)18-19(25-21(26-22(18)31)16-2-1-11-24-27-16)17(12-3-7-14(28)8-4-12)13-5-9-15(29)10-6-13/h1-11,17,28-29H,(H2,23,30)(H,25,26,31). The number of hydrogen-bond donors (Lipinski definition) is 4. The van der Waals surface area contributed by atoms with Crippen LogP contribution in [0.2, 0.25) is 0 Å². The lowest BCUT2D eigenvalue weighted by Gasteiger charge is -2.20. The number of nitrogens with one attached hydrogen (secondary N) is 1. The maximum atomic E-state index is 12.8. The largest absolute Gasteiger partial charge is 0.508 e. The number of nitrogens with zero attached hydrogens (tertiary/aromatic N) is 3. The van der Waals surface area contributed by atoms with E-state index in [1.807, 2.05) is 0 Å². The summed E-state index contributed by atoms with van der Waals surface area (Å²) >= 11 is 0. The molecule has 9 nitrogen and oxygen atoms in total. The summed E-state index contributed by atoms with van der Waals surface area (Å²) in [5.41, 5.74) is 6.26. The minimum atomic E-state index is -0.933. The van der Waals surface area contributed by atoms with Crippen LogP contribution in [0.1, 0.15) is 33.1 Å². The number of amides is 1. The molecule has 0 spiro atoms. The van der Waals surface area contributed by atoms with Gasteiger partial charge in [-0.05, 0) is 47.5 Å². The molecule has 0 aliphatic heterocycles. The van der Waals surface area contributed by atoms with Crippen molar-refractivity contribution in [1.82, 2.24) is 20.2 Å². The third-order valence-electron chi connectivity index (χ3n) is 4.73. The number of H-pyrrole nitrogens is 1. The van der Waals surface area contributed by atoms with Gasteiger partial charge in [0.2, 0.25) is 0 Å². The van der Waals surface area contributed by atoms with Crippen LogP contribution in [0.5, 0.6) is 11.5 Å². The molecule has 0 bridgehead atoms. The highest BCUT2D eigenvalue weighted by Gasteiger charge is 2.27. The van der Waals surface area contributed by atoms with Crippen molar-refractivity contribution < 1.29 is 15.0 Å². The molecule has 9 heteroatoms. The van der Waals surface area contributed by atoms with Crippen LogP contribution in [0.25, 0.3) is 11.5 Å². The maximum absolute atomic E-state index is 12.8. The third kappa shape index (κ3) is 3.97. The van der Waals surface area contributed by atoms with Crippen LogP contribution in [0.4, 0.5) is 0 Å². The number of carbonyl (C=O) groups excluding carboxylic acids is 1. The molecule has 2 heterocycles. The zero-order valence-corrected chi connectivity index (χ0v) is 16.1. The van der Waals surface area contributed by atoms with E-state index in [1.54, 1.807) is 36.4 Å². The van der Waals surface area contributed by atoms with Crippen LogP contribution in [-0.2, 0) is 0 Å². The van der Waals surface area contributed by atoms with E-state index in [2.05, 4.69) is 20.2 Å². The number of hydrogen-bond acceptors (Lipinski definition) is 7. The van der Waals surface area contributed by atoms with E-state index in [1.165, 1.54) is 30.5 Å². The first-order valence-corrected chi connectivity index (χ1v) is 9.24. The monoisotopic (exact) mass is 415 g/mol. The third-order valence-corrected chi connectivity index (χ3v) is 4.73. The number of phenols is 2. The van der Waals surface area contributed by atoms with Crippen molar-refractivity contribution in [3.8, 4) is 23.0 Å². The quantitative estimate of drug-likeness (QED) is 0.388. The zero-order valence-electron chi connectivity index (χ0n) is 16.1. The summed E-state index contributed by atoms with van der Waals surface area (Å²) in [5.74, 6) is -1.39. The molecule has 0 atom stereocenters. The molecule has 31 heavy (non-hydrogen) atoms. The number of phenolic OH excluding ortho intramolecular Hbond substituents is 2.